The maximum absolute atomic E-state index is 12.9. The van der Waals surface area contributed by atoms with Crippen LogP contribution in [-0.2, 0) is 22.7 Å². The molecule has 0 saturated carbocycles. The summed E-state index contributed by atoms with van der Waals surface area (Å²) in [6.45, 7) is 5.39. The number of aliphatic hydroxyl groups is 1. The molecule has 9 nitrogen and oxygen atoms in total. The molecule has 2 bridgehead atoms. The van der Waals surface area contributed by atoms with Gasteiger partial charge < -0.3 is 19.6 Å². The van der Waals surface area contributed by atoms with Gasteiger partial charge in [0.25, 0.3) is 5.91 Å². The molecule has 2 heterocycles. The Morgan fingerprint density at radius 1 is 1.34 bits per heavy atom. The highest BCUT2D eigenvalue weighted by Gasteiger charge is 2.29. The molecule has 1 N–H and O–H groups in total. The zero-order valence-corrected chi connectivity index (χ0v) is 19.1. The number of benzene rings is 1. The van der Waals surface area contributed by atoms with E-state index in [0.717, 1.165) is 0 Å². The van der Waals surface area contributed by atoms with Gasteiger partial charge in [0.05, 0.1) is 31.6 Å². The molecule has 0 unspecified atom stereocenters. The number of likely N-dealkylation sites (N-methyl/N-ethyl adjacent to an activating group) is 1. The molecule has 174 valence electrons. The van der Waals surface area contributed by atoms with E-state index in [1.165, 1.54) is 0 Å². The van der Waals surface area contributed by atoms with E-state index in [0.29, 0.717) is 43.7 Å². The molecule has 1 aliphatic heterocycles. The molecule has 0 aliphatic carbocycles. The first-order chi connectivity index (χ1) is 15.4. The minimum absolute atomic E-state index is 0.00884. The molecule has 0 spiro atoms. The van der Waals surface area contributed by atoms with Crippen LogP contribution in [-0.4, -0.2) is 80.6 Å². The molecule has 0 fully saturated rings. The average molecular weight is 444 g/mol. The van der Waals surface area contributed by atoms with E-state index in [9.17, 15) is 14.7 Å². The van der Waals surface area contributed by atoms with Crippen LogP contribution in [0.25, 0.3) is 0 Å². The van der Waals surface area contributed by atoms with Crippen molar-refractivity contribution in [2.45, 2.75) is 52.0 Å². The van der Waals surface area contributed by atoms with Crippen LogP contribution >= 0.6 is 0 Å². The van der Waals surface area contributed by atoms with Gasteiger partial charge in [-0.25, -0.2) is 0 Å². The summed E-state index contributed by atoms with van der Waals surface area (Å²) in [5.74, 6) is -0.174. The average Bonchev–Trinajstić information content (AvgIpc) is 3.26. The van der Waals surface area contributed by atoms with Crippen LogP contribution in [0.1, 0.15) is 42.7 Å². The Kier molecular flexibility index (Phi) is 8.35. The van der Waals surface area contributed by atoms with Crippen LogP contribution < -0.4 is 0 Å². The Labute approximate surface area is 189 Å². The highest BCUT2D eigenvalue weighted by atomic mass is 16.5. The van der Waals surface area contributed by atoms with Crippen molar-refractivity contribution in [3.8, 4) is 0 Å². The zero-order valence-electron chi connectivity index (χ0n) is 19.1. The van der Waals surface area contributed by atoms with Gasteiger partial charge in [0.15, 0.2) is 0 Å². The summed E-state index contributed by atoms with van der Waals surface area (Å²) in [6, 6.07) is 8.82. The standard InChI is InChI=1S/C23H33N5O4/c1-17-12-28(18(2)15-29)22(30)10-7-11-27-13-20(24-25-27)16-32-21(17)14-26(3)23(31)19-8-5-4-6-9-19/h4-6,8-9,13,17-18,21,29H,7,10-12,14-16H2,1-3H3/t17-,18+,21-/m0/s1. The summed E-state index contributed by atoms with van der Waals surface area (Å²) < 4.78 is 7.92. The topological polar surface area (TPSA) is 101 Å². The highest BCUT2D eigenvalue weighted by molar-refractivity contribution is 5.94. The minimum atomic E-state index is -0.334. The monoisotopic (exact) mass is 443 g/mol. The number of hydrogen-bond acceptors (Lipinski definition) is 6. The second kappa shape index (κ2) is 11.2. The molecule has 2 amide bonds. The van der Waals surface area contributed by atoms with E-state index in [1.807, 2.05) is 38.2 Å². The quantitative estimate of drug-likeness (QED) is 0.753. The first kappa shape index (κ1) is 23.9. The number of rotatable bonds is 5. The summed E-state index contributed by atoms with van der Waals surface area (Å²) in [5, 5.41) is 18.0. The van der Waals surface area contributed by atoms with Crippen molar-refractivity contribution in [1.82, 2.24) is 24.8 Å². The molecule has 1 aromatic carbocycles. The second-order valence-electron chi connectivity index (χ2n) is 8.53. The van der Waals surface area contributed by atoms with Gasteiger partial charge in [0.2, 0.25) is 5.91 Å². The predicted octanol–water partition coefficient (Wildman–Crippen LogP) is 1.57. The molecule has 1 aliphatic rings. The number of aliphatic hydroxyl groups excluding tert-OH is 1. The van der Waals surface area contributed by atoms with Crippen LogP contribution in [0.4, 0.5) is 0 Å². The van der Waals surface area contributed by atoms with Crippen molar-refractivity contribution >= 4 is 11.8 Å². The molecule has 2 aromatic rings. The Morgan fingerprint density at radius 3 is 2.81 bits per heavy atom. The van der Waals surface area contributed by atoms with Gasteiger partial charge in [-0.2, -0.15) is 0 Å². The second-order valence-corrected chi connectivity index (χ2v) is 8.53. The van der Waals surface area contributed by atoms with E-state index in [4.69, 9.17) is 4.74 Å². The maximum Gasteiger partial charge on any atom is 0.253 e. The molecule has 1 aromatic heterocycles. The summed E-state index contributed by atoms with van der Waals surface area (Å²) >= 11 is 0. The van der Waals surface area contributed by atoms with E-state index in [1.54, 1.807) is 33.7 Å². The molecule has 0 radical (unpaired) electrons. The molecule has 0 saturated heterocycles. The fourth-order valence-electron chi connectivity index (χ4n) is 3.85. The number of carbonyl (C=O) groups excluding carboxylic acids is 2. The van der Waals surface area contributed by atoms with Crippen molar-refractivity contribution in [2.24, 2.45) is 5.92 Å². The third kappa shape index (κ3) is 6.14. The molecule has 3 atom stereocenters. The van der Waals surface area contributed by atoms with E-state index >= 15 is 0 Å². The van der Waals surface area contributed by atoms with Gasteiger partial charge in [0.1, 0.15) is 5.69 Å². The summed E-state index contributed by atoms with van der Waals surface area (Å²) in [4.78, 5) is 29.2. The highest BCUT2D eigenvalue weighted by Crippen LogP contribution is 2.18. The molecule has 3 rings (SSSR count). The largest absolute Gasteiger partial charge is 0.394 e. The number of amides is 2. The SMILES string of the molecule is C[C@H](CO)N1C[C@H](C)[C@H](CN(C)C(=O)c2ccccc2)OCc2cn(nn2)CCCC1=O. The van der Waals surface area contributed by atoms with E-state index in [-0.39, 0.29) is 43.1 Å². The molecule has 9 heteroatoms. The van der Waals surface area contributed by atoms with Gasteiger partial charge in [-0.15, -0.1) is 5.10 Å². The fourth-order valence-corrected chi connectivity index (χ4v) is 3.85. The first-order valence-electron chi connectivity index (χ1n) is 11.1. The lowest BCUT2D eigenvalue weighted by Crippen LogP contribution is -2.47. The number of aryl methyl sites for hydroxylation is 1. The van der Waals surface area contributed by atoms with E-state index in [2.05, 4.69) is 10.3 Å². The number of carbonyl (C=O) groups is 2. The van der Waals surface area contributed by atoms with E-state index < -0.39 is 0 Å². The smallest absolute Gasteiger partial charge is 0.253 e. The lowest BCUT2D eigenvalue weighted by Gasteiger charge is -2.35. The fraction of sp³-hybridized carbons (Fsp3) is 0.565. The summed E-state index contributed by atoms with van der Waals surface area (Å²) in [6.07, 6.45) is 2.50. The molecule has 32 heavy (non-hydrogen) atoms. The Bertz CT molecular complexity index is 888. The van der Waals surface area contributed by atoms with Crippen LogP contribution in [0.5, 0.6) is 0 Å². The number of fused-ring (bicyclic) bond motifs is 2. The van der Waals surface area contributed by atoms with Crippen LogP contribution in [0.15, 0.2) is 36.5 Å². The number of ether oxygens (including phenoxy) is 1. The third-order valence-electron chi connectivity index (χ3n) is 5.87. The maximum atomic E-state index is 12.9. The zero-order chi connectivity index (χ0) is 23.1. The normalized spacial score (nSPS) is 21.2. The van der Waals surface area contributed by atoms with Gasteiger partial charge in [0, 0.05) is 44.6 Å². The minimum Gasteiger partial charge on any atom is -0.394 e. The van der Waals surface area contributed by atoms with Crippen LogP contribution in [0, 0.1) is 5.92 Å². The van der Waals surface area contributed by atoms with Crippen molar-refractivity contribution in [2.75, 3.05) is 26.7 Å². The van der Waals surface area contributed by atoms with Crippen LogP contribution in [0.3, 0.4) is 0 Å². The van der Waals surface area contributed by atoms with Crippen molar-refractivity contribution in [3.05, 3.63) is 47.8 Å². The molecular formula is C23H33N5O4. The van der Waals surface area contributed by atoms with Crippen molar-refractivity contribution < 1.29 is 19.4 Å². The Morgan fingerprint density at radius 2 is 2.09 bits per heavy atom. The van der Waals surface area contributed by atoms with Crippen molar-refractivity contribution in [3.63, 3.8) is 0 Å². The Hall–Kier alpha value is -2.78. The van der Waals surface area contributed by atoms with Crippen LogP contribution in [0.2, 0.25) is 0 Å². The summed E-state index contributed by atoms with van der Waals surface area (Å²) in [7, 11) is 1.75. The Balaban J connectivity index is 1.80. The van der Waals surface area contributed by atoms with Crippen molar-refractivity contribution in [1.29, 1.82) is 0 Å². The molecular weight excluding hydrogens is 410 g/mol. The lowest BCUT2D eigenvalue weighted by atomic mass is 10.0. The van der Waals surface area contributed by atoms with Gasteiger partial charge in [-0.3, -0.25) is 14.3 Å². The van der Waals surface area contributed by atoms with Gasteiger partial charge in [-0.1, -0.05) is 30.3 Å². The van der Waals surface area contributed by atoms with Gasteiger partial charge in [-0.05, 0) is 25.5 Å². The number of nitrogens with zero attached hydrogens (tertiary/aromatic N) is 5. The predicted molar refractivity (Wildman–Crippen MR) is 119 cm³/mol. The third-order valence-corrected chi connectivity index (χ3v) is 5.87. The van der Waals surface area contributed by atoms with Gasteiger partial charge >= 0.3 is 0 Å². The lowest BCUT2D eigenvalue weighted by molar-refractivity contribution is -0.136. The number of aromatic nitrogens is 3. The summed E-state index contributed by atoms with van der Waals surface area (Å²) in [5.41, 5.74) is 1.33. The number of hydrogen-bond donors (Lipinski definition) is 1. The first-order valence-corrected chi connectivity index (χ1v) is 11.1.